The second kappa shape index (κ2) is 6.23. The molecule has 2 aromatic rings. The van der Waals surface area contributed by atoms with Crippen LogP contribution in [0.4, 0.5) is 5.69 Å². The number of hydrogen-bond acceptors (Lipinski definition) is 4. The Balaban J connectivity index is 2.14. The summed E-state index contributed by atoms with van der Waals surface area (Å²) in [5, 5.41) is 19.4. The smallest absolute Gasteiger partial charge is 0.307 e. The van der Waals surface area contributed by atoms with Crippen LogP contribution in [0.1, 0.15) is 5.56 Å². The first-order valence-corrected chi connectivity index (χ1v) is 6.26. The zero-order chi connectivity index (χ0) is 15.4. The Morgan fingerprint density at radius 1 is 1.24 bits per heavy atom. The van der Waals surface area contributed by atoms with Crippen LogP contribution in [0.25, 0.3) is 0 Å². The Hall–Kier alpha value is -2.60. The van der Waals surface area contributed by atoms with Gasteiger partial charge in [-0.2, -0.15) is 0 Å². The first-order chi connectivity index (χ1) is 9.95. The molecule has 0 aliphatic rings. The third-order valence-electron chi connectivity index (χ3n) is 2.63. The highest BCUT2D eigenvalue weighted by Crippen LogP contribution is 2.32. The lowest BCUT2D eigenvalue weighted by Gasteiger charge is -2.08. The number of benzene rings is 2. The molecule has 0 amide bonds. The number of nitro groups is 1. The van der Waals surface area contributed by atoms with Gasteiger partial charge in [0.05, 0.1) is 16.4 Å². The molecule has 0 aliphatic carbocycles. The van der Waals surface area contributed by atoms with Crippen LogP contribution < -0.4 is 4.74 Å². The van der Waals surface area contributed by atoms with Gasteiger partial charge in [0.15, 0.2) is 0 Å². The molecule has 0 heterocycles. The fourth-order valence-electron chi connectivity index (χ4n) is 1.66. The predicted octanol–water partition coefficient (Wildman–Crippen LogP) is 3.67. The SMILES string of the molecule is O=C(O)Cc1ccc(Oc2ccc([N+](=O)[O-])cc2Cl)cc1. The number of hydrogen-bond donors (Lipinski definition) is 1. The number of halogens is 1. The maximum absolute atomic E-state index is 10.6. The highest BCUT2D eigenvalue weighted by Gasteiger charge is 2.11. The van der Waals surface area contributed by atoms with Crippen LogP contribution in [-0.4, -0.2) is 16.0 Å². The molecule has 0 saturated heterocycles. The van der Waals surface area contributed by atoms with Crippen LogP contribution in [0.5, 0.6) is 11.5 Å². The molecule has 108 valence electrons. The maximum atomic E-state index is 10.6. The van der Waals surface area contributed by atoms with Gasteiger partial charge < -0.3 is 9.84 Å². The highest BCUT2D eigenvalue weighted by molar-refractivity contribution is 6.32. The van der Waals surface area contributed by atoms with Crippen molar-refractivity contribution in [2.45, 2.75) is 6.42 Å². The van der Waals surface area contributed by atoms with Gasteiger partial charge >= 0.3 is 5.97 Å². The van der Waals surface area contributed by atoms with E-state index >= 15 is 0 Å². The summed E-state index contributed by atoms with van der Waals surface area (Å²) in [6, 6.07) is 10.4. The number of ether oxygens (including phenoxy) is 1. The molecule has 6 nitrogen and oxygen atoms in total. The molecule has 7 heteroatoms. The third kappa shape index (κ3) is 3.93. The van der Waals surface area contributed by atoms with Gasteiger partial charge in [-0.05, 0) is 23.8 Å². The van der Waals surface area contributed by atoms with Crippen molar-refractivity contribution in [2.75, 3.05) is 0 Å². The topological polar surface area (TPSA) is 89.7 Å². The van der Waals surface area contributed by atoms with Crippen molar-refractivity contribution in [1.82, 2.24) is 0 Å². The first kappa shape index (κ1) is 14.8. The van der Waals surface area contributed by atoms with Gasteiger partial charge in [0.25, 0.3) is 5.69 Å². The number of nitro benzene ring substituents is 1. The van der Waals surface area contributed by atoms with Gasteiger partial charge in [0.1, 0.15) is 11.5 Å². The van der Waals surface area contributed by atoms with Crippen LogP contribution >= 0.6 is 11.6 Å². The van der Waals surface area contributed by atoms with E-state index in [0.29, 0.717) is 11.3 Å². The van der Waals surface area contributed by atoms with Gasteiger partial charge in [-0.25, -0.2) is 0 Å². The van der Waals surface area contributed by atoms with E-state index in [1.165, 1.54) is 18.2 Å². The summed E-state index contributed by atoms with van der Waals surface area (Å²) in [6.45, 7) is 0. The van der Waals surface area contributed by atoms with Crippen molar-refractivity contribution < 1.29 is 19.6 Å². The minimum absolute atomic E-state index is 0.0709. The number of carbonyl (C=O) groups is 1. The molecule has 2 rings (SSSR count). The Labute approximate surface area is 124 Å². The summed E-state index contributed by atoms with van der Waals surface area (Å²) in [4.78, 5) is 20.6. The van der Waals surface area contributed by atoms with Gasteiger partial charge in [-0.15, -0.1) is 0 Å². The van der Waals surface area contributed by atoms with Crippen molar-refractivity contribution >= 4 is 23.3 Å². The normalized spacial score (nSPS) is 10.1. The molecule has 0 unspecified atom stereocenters. The second-order valence-corrected chi connectivity index (χ2v) is 4.60. The van der Waals surface area contributed by atoms with E-state index in [1.54, 1.807) is 24.3 Å². The first-order valence-electron chi connectivity index (χ1n) is 5.88. The van der Waals surface area contributed by atoms with Crippen LogP contribution in [0.2, 0.25) is 5.02 Å². The Bertz CT molecular complexity index is 684. The summed E-state index contributed by atoms with van der Waals surface area (Å²) in [5.74, 6) is -0.171. The molecular formula is C14H10ClNO5. The zero-order valence-corrected chi connectivity index (χ0v) is 11.4. The predicted molar refractivity (Wildman–Crippen MR) is 76.0 cm³/mol. The molecule has 1 N–H and O–H groups in total. The van der Waals surface area contributed by atoms with Gasteiger partial charge in [0, 0.05) is 12.1 Å². The molecule has 0 bridgehead atoms. The number of carboxylic acids is 1. The average molecular weight is 308 g/mol. The summed E-state index contributed by atoms with van der Waals surface area (Å²) in [7, 11) is 0. The zero-order valence-electron chi connectivity index (χ0n) is 10.7. The molecule has 0 saturated carbocycles. The van der Waals surface area contributed by atoms with Crippen LogP contribution in [0.15, 0.2) is 42.5 Å². The largest absolute Gasteiger partial charge is 0.481 e. The molecule has 0 aliphatic heterocycles. The fraction of sp³-hybridized carbons (Fsp3) is 0.0714. The van der Waals surface area contributed by atoms with Crippen molar-refractivity contribution in [2.24, 2.45) is 0 Å². The number of carboxylic acid groups (broad SMARTS) is 1. The van der Waals surface area contributed by atoms with E-state index < -0.39 is 10.9 Å². The maximum Gasteiger partial charge on any atom is 0.307 e. The quantitative estimate of drug-likeness (QED) is 0.672. The lowest BCUT2D eigenvalue weighted by atomic mass is 10.1. The van der Waals surface area contributed by atoms with E-state index in [9.17, 15) is 14.9 Å². The van der Waals surface area contributed by atoms with Crippen LogP contribution in [0.3, 0.4) is 0 Å². The standard InChI is InChI=1S/C14H10ClNO5/c15-12-8-10(16(19)20)3-6-13(12)21-11-4-1-9(2-5-11)7-14(17)18/h1-6,8H,7H2,(H,17,18). The average Bonchev–Trinajstić information content (AvgIpc) is 2.42. The minimum atomic E-state index is -0.915. The molecule has 0 aromatic heterocycles. The lowest BCUT2D eigenvalue weighted by molar-refractivity contribution is -0.384. The molecule has 0 radical (unpaired) electrons. The number of aliphatic carboxylic acids is 1. The summed E-state index contributed by atoms with van der Waals surface area (Å²) >= 11 is 5.92. The Morgan fingerprint density at radius 2 is 1.90 bits per heavy atom. The molecule has 2 aromatic carbocycles. The van der Waals surface area contributed by atoms with E-state index in [0.717, 1.165) is 0 Å². The van der Waals surface area contributed by atoms with Gasteiger partial charge in [-0.3, -0.25) is 14.9 Å². The number of non-ortho nitro benzene ring substituents is 1. The Morgan fingerprint density at radius 3 is 2.43 bits per heavy atom. The van der Waals surface area contributed by atoms with Crippen molar-refractivity contribution in [1.29, 1.82) is 0 Å². The fourth-order valence-corrected chi connectivity index (χ4v) is 1.88. The van der Waals surface area contributed by atoms with E-state index in [2.05, 4.69) is 0 Å². The van der Waals surface area contributed by atoms with Gasteiger partial charge in [0.2, 0.25) is 0 Å². The molecule has 0 spiro atoms. The van der Waals surface area contributed by atoms with E-state index in [-0.39, 0.29) is 22.9 Å². The summed E-state index contributed by atoms with van der Waals surface area (Å²) in [6.07, 6.45) is -0.0709. The molecule has 21 heavy (non-hydrogen) atoms. The lowest BCUT2D eigenvalue weighted by Crippen LogP contribution is -1.99. The van der Waals surface area contributed by atoms with E-state index in [4.69, 9.17) is 21.4 Å². The van der Waals surface area contributed by atoms with Crippen molar-refractivity contribution in [3.8, 4) is 11.5 Å². The monoisotopic (exact) mass is 307 g/mol. The minimum Gasteiger partial charge on any atom is -0.481 e. The number of rotatable bonds is 5. The number of nitrogens with zero attached hydrogens (tertiary/aromatic N) is 1. The van der Waals surface area contributed by atoms with E-state index in [1.807, 2.05) is 0 Å². The van der Waals surface area contributed by atoms with Crippen LogP contribution in [0, 0.1) is 10.1 Å². The van der Waals surface area contributed by atoms with Gasteiger partial charge in [-0.1, -0.05) is 23.7 Å². The molecule has 0 fully saturated rings. The molecule has 0 atom stereocenters. The third-order valence-corrected chi connectivity index (χ3v) is 2.93. The summed E-state index contributed by atoms with van der Waals surface area (Å²) in [5.41, 5.74) is 0.522. The second-order valence-electron chi connectivity index (χ2n) is 4.19. The Kier molecular flexibility index (Phi) is 4.39. The van der Waals surface area contributed by atoms with Crippen molar-refractivity contribution in [3.63, 3.8) is 0 Å². The molecular weight excluding hydrogens is 298 g/mol. The highest BCUT2D eigenvalue weighted by atomic mass is 35.5. The van der Waals surface area contributed by atoms with Crippen LogP contribution in [-0.2, 0) is 11.2 Å². The summed E-state index contributed by atoms with van der Waals surface area (Å²) < 4.78 is 5.50. The van der Waals surface area contributed by atoms with Crippen molar-refractivity contribution in [3.05, 3.63) is 63.2 Å².